The van der Waals surface area contributed by atoms with Gasteiger partial charge in [0, 0.05) is 33.2 Å². The van der Waals surface area contributed by atoms with Crippen LogP contribution in [0.25, 0.3) is 0 Å². The predicted octanol–water partition coefficient (Wildman–Crippen LogP) is 0.665. The van der Waals surface area contributed by atoms with E-state index in [0.29, 0.717) is 13.1 Å². The lowest BCUT2D eigenvalue weighted by atomic mass is 10.0. The Morgan fingerprint density at radius 3 is 2.40 bits per heavy atom. The van der Waals surface area contributed by atoms with Crippen LogP contribution >= 0.6 is 0 Å². The van der Waals surface area contributed by atoms with E-state index in [9.17, 15) is 5.11 Å². The Morgan fingerprint density at radius 1 is 1.20 bits per heavy atom. The second-order valence-corrected chi connectivity index (χ2v) is 7.00. The SMILES string of the molecule is CC(c1nnnn1C)N(C)CC(O)CN1CCc2ccccc2CC1. The molecule has 2 atom stereocenters. The van der Waals surface area contributed by atoms with Gasteiger partial charge in [0.2, 0.25) is 0 Å². The molecule has 0 saturated carbocycles. The number of aliphatic hydroxyl groups excluding tert-OH is 1. The van der Waals surface area contributed by atoms with Crippen molar-refractivity contribution in [1.29, 1.82) is 0 Å². The molecule has 1 aliphatic rings. The van der Waals surface area contributed by atoms with Crippen molar-refractivity contribution in [2.24, 2.45) is 7.05 Å². The molecule has 7 heteroatoms. The zero-order valence-corrected chi connectivity index (χ0v) is 15.3. The van der Waals surface area contributed by atoms with Crippen LogP contribution in [0, 0.1) is 0 Å². The molecule has 0 spiro atoms. The zero-order valence-electron chi connectivity index (χ0n) is 15.3. The van der Waals surface area contributed by atoms with Gasteiger partial charge in [-0.2, -0.15) is 0 Å². The first-order valence-electron chi connectivity index (χ1n) is 8.94. The van der Waals surface area contributed by atoms with Crippen molar-refractivity contribution in [2.75, 3.05) is 33.2 Å². The maximum absolute atomic E-state index is 10.6. The quantitative estimate of drug-likeness (QED) is 0.830. The Bertz CT molecular complexity index is 661. The summed E-state index contributed by atoms with van der Waals surface area (Å²) in [6.07, 6.45) is 1.72. The summed E-state index contributed by atoms with van der Waals surface area (Å²) in [5.74, 6) is 0.805. The lowest BCUT2D eigenvalue weighted by Gasteiger charge is -2.29. The van der Waals surface area contributed by atoms with Crippen molar-refractivity contribution >= 4 is 0 Å². The molecule has 0 amide bonds. The molecule has 1 aromatic heterocycles. The highest BCUT2D eigenvalue weighted by molar-refractivity contribution is 5.28. The highest BCUT2D eigenvalue weighted by atomic mass is 16.3. The second-order valence-electron chi connectivity index (χ2n) is 7.00. The topological polar surface area (TPSA) is 70.3 Å². The van der Waals surface area contributed by atoms with Crippen LogP contribution in [-0.4, -0.2) is 74.4 Å². The fourth-order valence-electron chi connectivity index (χ4n) is 3.53. The number of aliphatic hydroxyl groups is 1. The number of rotatable bonds is 6. The molecule has 7 nitrogen and oxygen atoms in total. The molecule has 136 valence electrons. The number of aromatic nitrogens is 4. The third kappa shape index (κ3) is 4.42. The van der Waals surface area contributed by atoms with Crippen molar-refractivity contribution in [3.63, 3.8) is 0 Å². The van der Waals surface area contributed by atoms with Gasteiger partial charge in [0.1, 0.15) is 0 Å². The highest BCUT2D eigenvalue weighted by Gasteiger charge is 2.22. The smallest absolute Gasteiger partial charge is 0.167 e. The summed E-state index contributed by atoms with van der Waals surface area (Å²) >= 11 is 0. The van der Waals surface area contributed by atoms with E-state index in [1.165, 1.54) is 11.1 Å². The molecule has 1 aromatic carbocycles. The summed E-state index contributed by atoms with van der Waals surface area (Å²) in [5, 5.41) is 22.2. The standard InChI is InChI=1S/C18H28N6O/c1-14(18-19-20-21-23(18)3)22(2)12-17(25)13-24-10-8-15-6-4-5-7-16(15)9-11-24/h4-7,14,17,25H,8-13H2,1-3H3. The van der Waals surface area contributed by atoms with Gasteiger partial charge in [0.25, 0.3) is 0 Å². The number of benzene rings is 1. The molecule has 0 aliphatic carbocycles. The van der Waals surface area contributed by atoms with Crippen LogP contribution in [0.1, 0.15) is 29.9 Å². The average molecular weight is 344 g/mol. The second kappa shape index (κ2) is 8.03. The maximum atomic E-state index is 10.6. The fraction of sp³-hybridized carbons (Fsp3) is 0.611. The molecule has 2 aromatic rings. The van der Waals surface area contributed by atoms with E-state index in [1.807, 2.05) is 14.1 Å². The Balaban J connectivity index is 1.51. The van der Waals surface area contributed by atoms with Gasteiger partial charge < -0.3 is 10.0 Å². The van der Waals surface area contributed by atoms with E-state index >= 15 is 0 Å². The first-order valence-corrected chi connectivity index (χ1v) is 8.94. The van der Waals surface area contributed by atoms with Crippen LogP contribution in [0.15, 0.2) is 24.3 Å². The molecule has 25 heavy (non-hydrogen) atoms. The van der Waals surface area contributed by atoms with Crippen LogP contribution in [0.5, 0.6) is 0 Å². The number of fused-ring (bicyclic) bond motifs is 1. The minimum Gasteiger partial charge on any atom is -0.390 e. The fourth-order valence-corrected chi connectivity index (χ4v) is 3.53. The molecular formula is C18H28N6O. The lowest BCUT2D eigenvalue weighted by Crippen LogP contribution is -2.41. The van der Waals surface area contributed by atoms with Crippen molar-refractivity contribution in [3.8, 4) is 0 Å². The van der Waals surface area contributed by atoms with Crippen LogP contribution in [-0.2, 0) is 19.9 Å². The Morgan fingerprint density at radius 2 is 1.84 bits per heavy atom. The van der Waals surface area contributed by atoms with Crippen LogP contribution in [0.2, 0.25) is 0 Å². The van der Waals surface area contributed by atoms with E-state index < -0.39 is 6.10 Å². The summed E-state index contributed by atoms with van der Waals surface area (Å²) in [4.78, 5) is 4.47. The predicted molar refractivity (Wildman–Crippen MR) is 96.1 cm³/mol. The first-order chi connectivity index (χ1) is 12.0. The number of aryl methyl sites for hydroxylation is 1. The number of hydrogen-bond donors (Lipinski definition) is 1. The molecule has 0 radical (unpaired) electrons. The van der Waals surface area contributed by atoms with Gasteiger partial charge in [-0.15, -0.1) is 5.10 Å². The number of likely N-dealkylation sites (N-methyl/N-ethyl adjacent to an activating group) is 1. The number of nitrogens with zero attached hydrogens (tertiary/aromatic N) is 6. The minimum absolute atomic E-state index is 0.0584. The van der Waals surface area contributed by atoms with Crippen molar-refractivity contribution in [3.05, 3.63) is 41.2 Å². The first kappa shape index (κ1) is 18.0. The minimum atomic E-state index is -0.394. The summed E-state index contributed by atoms with van der Waals surface area (Å²) in [7, 11) is 3.84. The Kier molecular flexibility index (Phi) is 5.78. The molecule has 2 heterocycles. The van der Waals surface area contributed by atoms with Crippen molar-refractivity contribution < 1.29 is 5.11 Å². The van der Waals surface area contributed by atoms with Gasteiger partial charge in [0.05, 0.1) is 12.1 Å². The molecular weight excluding hydrogens is 316 g/mol. The monoisotopic (exact) mass is 344 g/mol. The molecule has 2 unspecified atom stereocenters. The average Bonchev–Trinajstić information content (AvgIpc) is 2.92. The van der Waals surface area contributed by atoms with E-state index in [0.717, 1.165) is 31.8 Å². The number of tetrazole rings is 1. The molecule has 0 bridgehead atoms. The van der Waals surface area contributed by atoms with E-state index in [-0.39, 0.29) is 6.04 Å². The molecule has 0 fully saturated rings. The third-order valence-electron chi connectivity index (χ3n) is 5.17. The van der Waals surface area contributed by atoms with Crippen LogP contribution in [0.4, 0.5) is 0 Å². The third-order valence-corrected chi connectivity index (χ3v) is 5.17. The Hall–Kier alpha value is -1.83. The van der Waals surface area contributed by atoms with Gasteiger partial charge in [-0.25, -0.2) is 4.68 Å². The summed E-state index contributed by atoms with van der Waals surface area (Å²) < 4.78 is 1.68. The zero-order chi connectivity index (χ0) is 17.8. The molecule has 1 aliphatic heterocycles. The Labute approximate surface area is 149 Å². The maximum Gasteiger partial charge on any atom is 0.167 e. The normalized spacial score (nSPS) is 18.0. The largest absolute Gasteiger partial charge is 0.390 e. The molecule has 0 saturated heterocycles. The van der Waals surface area contributed by atoms with E-state index in [4.69, 9.17) is 0 Å². The van der Waals surface area contributed by atoms with Crippen LogP contribution < -0.4 is 0 Å². The van der Waals surface area contributed by atoms with Gasteiger partial charge in [-0.05, 0) is 48.4 Å². The number of β-amino-alcohol motifs (C(OH)–C–C–N with tert-alkyl or cyclic N) is 1. The number of hydrogen-bond acceptors (Lipinski definition) is 6. The summed E-state index contributed by atoms with van der Waals surface area (Å²) in [5.41, 5.74) is 2.89. The molecule has 3 rings (SSSR count). The van der Waals surface area contributed by atoms with Gasteiger partial charge in [-0.1, -0.05) is 24.3 Å². The van der Waals surface area contributed by atoms with E-state index in [2.05, 4.69) is 56.5 Å². The highest BCUT2D eigenvalue weighted by Crippen LogP contribution is 2.17. The van der Waals surface area contributed by atoms with Gasteiger partial charge >= 0.3 is 0 Å². The van der Waals surface area contributed by atoms with Crippen molar-refractivity contribution in [1.82, 2.24) is 30.0 Å². The summed E-state index contributed by atoms with van der Waals surface area (Å²) in [6.45, 7) is 5.35. The van der Waals surface area contributed by atoms with E-state index in [1.54, 1.807) is 4.68 Å². The van der Waals surface area contributed by atoms with Crippen molar-refractivity contribution in [2.45, 2.75) is 31.9 Å². The van der Waals surface area contributed by atoms with Gasteiger partial charge in [-0.3, -0.25) is 4.90 Å². The lowest BCUT2D eigenvalue weighted by molar-refractivity contribution is 0.0702. The van der Waals surface area contributed by atoms with Gasteiger partial charge in [0.15, 0.2) is 5.82 Å². The summed E-state index contributed by atoms with van der Waals surface area (Å²) in [6, 6.07) is 8.73. The van der Waals surface area contributed by atoms with Crippen LogP contribution in [0.3, 0.4) is 0 Å². The molecule has 1 N–H and O–H groups in total.